The first-order valence-electron chi connectivity index (χ1n) is 12.9. The number of anilines is 3. The number of ether oxygens (including phenoxy) is 1. The molecule has 1 N–H and O–H groups in total. The summed E-state index contributed by atoms with van der Waals surface area (Å²) >= 11 is 0. The number of sulfonamides is 1. The number of pyridine rings is 1. The van der Waals surface area contributed by atoms with E-state index in [0.717, 1.165) is 18.2 Å². The molecule has 2 aromatic heterocycles. The Morgan fingerprint density at radius 2 is 1.95 bits per heavy atom. The SMILES string of the molecule is CCC(C)N1CC(C)(C)Oc2c(F)cc(-c3nc(Nc4ccc5c(n4)CN(S(C)(=O)=O)CC5)ncc3F)cc21. The molecule has 12 heteroatoms. The molecule has 5 rings (SSSR count). The highest BCUT2D eigenvalue weighted by atomic mass is 32.2. The van der Waals surface area contributed by atoms with Crippen molar-refractivity contribution in [2.45, 2.75) is 58.7 Å². The van der Waals surface area contributed by atoms with E-state index >= 15 is 4.39 Å². The number of halogens is 2. The summed E-state index contributed by atoms with van der Waals surface area (Å²) in [6, 6.07) is 6.65. The molecule has 3 aromatic rings. The Kier molecular flexibility index (Phi) is 6.96. The van der Waals surface area contributed by atoms with Crippen LogP contribution in [0.4, 0.5) is 26.2 Å². The maximum Gasteiger partial charge on any atom is 0.229 e. The molecule has 39 heavy (non-hydrogen) atoms. The summed E-state index contributed by atoms with van der Waals surface area (Å²) in [5.41, 5.74) is 1.75. The van der Waals surface area contributed by atoms with Crippen molar-refractivity contribution in [2.75, 3.05) is 29.6 Å². The minimum absolute atomic E-state index is 0.0654. The molecule has 0 aliphatic carbocycles. The first-order valence-corrected chi connectivity index (χ1v) is 14.7. The number of aromatic nitrogens is 3. The standard InChI is InChI=1S/C27H32F2N6O3S/c1-6-16(2)35-15-27(3,4)38-25-19(28)11-18(12-22(25)35)24-20(29)13-30-26(33-24)32-23-8-7-17-9-10-34(39(5,36)37)14-21(17)31-23/h7-8,11-13,16H,6,9-10,14-15H2,1-5H3,(H,30,31,32,33). The van der Waals surface area contributed by atoms with Gasteiger partial charge in [-0.05, 0) is 57.4 Å². The van der Waals surface area contributed by atoms with Crippen molar-refractivity contribution in [3.05, 3.63) is 53.4 Å². The van der Waals surface area contributed by atoms with Gasteiger partial charge in [0.15, 0.2) is 17.4 Å². The van der Waals surface area contributed by atoms with E-state index in [4.69, 9.17) is 4.74 Å². The third kappa shape index (κ3) is 5.53. The van der Waals surface area contributed by atoms with Crippen molar-refractivity contribution >= 4 is 27.5 Å². The van der Waals surface area contributed by atoms with Gasteiger partial charge in [0.05, 0.1) is 36.9 Å². The van der Waals surface area contributed by atoms with Crippen molar-refractivity contribution in [2.24, 2.45) is 0 Å². The van der Waals surface area contributed by atoms with E-state index in [9.17, 15) is 12.8 Å². The first-order chi connectivity index (χ1) is 18.3. The topological polar surface area (TPSA) is 101 Å². The van der Waals surface area contributed by atoms with Crippen molar-refractivity contribution in [1.82, 2.24) is 19.3 Å². The minimum Gasteiger partial charge on any atom is -0.481 e. The number of rotatable bonds is 6. The average molecular weight is 559 g/mol. The van der Waals surface area contributed by atoms with Crippen LogP contribution in [0.3, 0.4) is 0 Å². The highest BCUT2D eigenvalue weighted by Gasteiger charge is 2.36. The van der Waals surface area contributed by atoms with Crippen LogP contribution in [0, 0.1) is 11.6 Å². The lowest BCUT2D eigenvalue weighted by atomic mass is 10.00. The van der Waals surface area contributed by atoms with E-state index in [2.05, 4.69) is 39.0 Å². The van der Waals surface area contributed by atoms with Crippen molar-refractivity contribution in [1.29, 1.82) is 0 Å². The monoisotopic (exact) mass is 558 g/mol. The quantitative estimate of drug-likeness (QED) is 0.467. The molecule has 1 aromatic carbocycles. The Labute approximate surface area is 227 Å². The van der Waals surface area contributed by atoms with Crippen LogP contribution >= 0.6 is 0 Å². The molecule has 9 nitrogen and oxygen atoms in total. The predicted octanol–water partition coefficient (Wildman–Crippen LogP) is 4.65. The molecule has 0 radical (unpaired) electrons. The van der Waals surface area contributed by atoms with Gasteiger partial charge >= 0.3 is 0 Å². The van der Waals surface area contributed by atoms with Gasteiger partial charge < -0.3 is 15.0 Å². The van der Waals surface area contributed by atoms with Gasteiger partial charge in [0.25, 0.3) is 0 Å². The fourth-order valence-corrected chi connectivity index (χ4v) is 5.71. The number of hydrogen-bond acceptors (Lipinski definition) is 8. The highest BCUT2D eigenvalue weighted by Crippen LogP contribution is 2.43. The summed E-state index contributed by atoms with van der Waals surface area (Å²) in [5, 5.41) is 2.97. The van der Waals surface area contributed by atoms with Gasteiger partial charge in [0.2, 0.25) is 16.0 Å². The van der Waals surface area contributed by atoms with Crippen LogP contribution in [-0.2, 0) is 23.0 Å². The van der Waals surface area contributed by atoms with E-state index in [1.807, 2.05) is 19.9 Å². The zero-order valence-corrected chi connectivity index (χ0v) is 23.4. The minimum atomic E-state index is -3.35. The Hall–Kier alpha value is -3.38. The van der Waals surface area contributed by atoms with Crippen LogP contribution < -0.4 is 15.0 Å². The molecule has 2 aliphatic heterocycles. The van der Waals surface area contributed by atoms with Crippen LogP contribution in [0.25, 0.3) is 11.3 Å². The maximum atomic E-state index is 15.4. The second-order valence-corrected chi connectivity index (χ2v) is 12.7. The number of hydrogen-bond donors (Lipinski definition) is 1. The van der Waals surface area contributed by atoms with E-state index in [1.54, 1.807) is 12.1 Å². The molecular formula is C27H32F2N6O3S. The Balaban J connectivity index is 1.47. The van der Waals surface area contributed by atoms with E-state index < -0.39 is 27.3 Å². The van der Waals surface area contributed by atoms with Crippen LogP contribution in [0.5, 0.6) is 5.75 Å². The molecule has 208 valence electrons. The molecule has 0 amide bonds. The lowest BCUT2D eigenvalue weighted by Crippen LogP contribution is -2.50. The number of benzene rings is 1. The third-order valence-electron chi connectivity index (χ3n) is 7.14. The van der Waals surface area contributed by atoms with Crippen LogP contribution in [0.15, 0.2) is 30.5 Å². The average Bonchev–Trinajstić information content (AvgIpc) is 2.88. The molecule has 0 saturated heterocycles. The lowest BCUT2D eigenvalue weighted by Gasteiger charge is -2.44. The van der Waals surface area contributed by atoms with Crippen LogP contribution in [0.2, 0.25) is 0 Å². The van der Waals surface area contributed by atoms with Crippen molar-refractivity contribution < 1.29 is 21.9 Å². The van der Waals surface area contributed by atoms with Crippen molar-refractivity contribution in [3.63, 3.8) is 0 Å². The lowest BCUT2D eigenvalue weighted by molar-refractivity contribution is 0.0960. The number of nitrogens with zero attached hydrogens (tertiary/aromatic N) is 5. The van der Waals surface area contributed by atoms with Gasteiger partial charge in [0, 0.05) is 18.2 Å². The third-order valence-corrected chi connectivity index (χ3v) is 8.39. The molecule has 4 heterocycles. The molecule has 0 spiro atoms. The smallest absolute Gasteiger partial charge is 0.229 e. The molecule has 2 aliphatic rings. The fraction of sp³-hybridized carbons (Fsp3) is 0.444. The molecule has 1 unspecified atom stereocenters. The zero-order chi connectivity index (χ0) is 28.1. The largest absolute Gasteiger partial charge is 0.481 e. The summed E-state index contributed by atoms with van der Waals surface area (Å²) in [6.07, 6.45) is 3.60. The second kappa shape index (κ2) is 9.98. The molecule has 0 saturated carbocycles. The molecule has 0 fully saturated rings. The summed E-state index contributed by atoms with van der Waals surface area (Å²) in [4.78, 5) is 15.0. The first kappa shape index (κ1) is 27.2. The summed E-state index contributed by atoms with van der Waals surface area (Å²) in [7, 11) is -3.35. The normalized spacial score (nSPS) is 17.7. The van der Waals surface area contributed by atoms with E-state index in [-0.39, 0.29) is 35.5 Å². The maximum absolute atomic E-state index is 15.4. The van der Waals surface area contributed by atoms with Crippen molar-refractivity contribution in [3.8, 4) is 17.0 Å². The highest BCUT2D eigenvalue weighted by molar-refractivity contribution is 7.88. The van der Waals surface area contributed by atoms with Gasteiger partial charge in [-0.15, -0.1) is 0 Å². The Morgan fingerprint density at radius 1 is 1.18 bits per heavy atom. The van der Waals surface area contributed by atoms with E-state index in [1.165, 1.54) is 16.6 Å². The summed E-state index contributed by atoms with van der Waals surface area (Å²) in [6.45, 7) is 9.06. The molecular weight excluding hydrogens is 526 g/mol. The van der Waals surface area contributed by atoms with Gasteiger partial charge in [-0.2, -0.15) is 4.31 Å². The predicted molar refractivity (Wildman–Crippen MR) is 146 cm³/mol. The number of nitrogens with one attached hydrogen (secondary N) is 1. The Morgan fingerprint density at radius 3 is 2.67 bits per heavy atom. The number of fused-ring (bicyclic) bond motifs is 2. The van der Waals surface area contributed by atoms with Crippen LogP contribution in [-0.4, -0.2) is 58.7 Å². The van der Waals surface area contributed by atoms with Crippen LogP contribution in [0.1, 0.15) is 45.4 Å². The summed E-state index contributed by atoms with van der Waals surface area (Å²) < 4.78 is 61.7. The van der Waals surface area contributed by atoms with Gasteiger partial charge in [-0.3, -0.25) is 0 Å². The van der Waals surface area contributed by atoms with Gasteiger partial charge in [-0.1, -0.05) is 13.0 Å². The zero-order valence-electron chi connectivity index (χ0n) is 22.6. The van der Waals surface area contributed by atoms with Gasteiger partial charge in [-0.25, -0.2) is 32.2 Å². The molecule has 1 atom stereocenters. The molecule has 0 bridgehead atoms. The van der Waals surface area contributed by atoms with E-state index in [0.29, 0.717) is 36.7 Å². The Bertz CT molecular complexity index is 1530. The fourth-order valence-electron chi connectivity index (χ4n) is 4.93. The van der Waals surface area contributed by atoms with Gasteiger partial charge in [0.1, 0.15) is 17.1 Å². The second-order valence-electron chi connectivity index (χ2n) is 10.7. The summed E-state index contributed by atoms with van der Waals surface area (Å²) in [5.74, 6) is -0.692.